The van der Waals surface area contributed by atoms with Gasteiger partial charge < -0.3 is 19.7 Å². The van der Waals surface area contributed by atoms with Crippen LogP contribution in [0.15, 0.2) is 42.5 Å². The number of nitrogens with one attached hydrogen (secondary N) is 1. The number of hydrogen-bond donors (Lipinski definition) is 1. The van der Waals surface area contributed by atoms with Crippen LogP contribution in [-0.2, 0) is 16.0 Å². The number of carbonyl (C=O) groups is 2. The normalized spacial score (nSPS) is 16.8. The molecule has 4 rings (SSSR count). The largest absolute Gasteiger partial charge is 0.487 e. The molecule has 1 fully saturated rings. The maximum absolute atomic E-state index is 12.4. The topological polar surface area (TPSA) is 67.9 Å². The quantitative estimate of drug-likeness (QED) is 0.653. The van der Waals surface area contributed by atoms with E-state index in [0.29, 0.717) is 26.1 Å². The summed E-state index contributed by atoms with van der Waals surface area (Å²) in [6, 6.07) is 14.3. The third-order valence-corrected chi connectivity index (χ3v) is 6.28. The van der Waals surface area contributed by atoms with Gasteiger partial charge in [-0.05, 0) is 46.4 Å². The van der Waals surface area contributed by atoms with Crippen LogP contribution in [0.2, 0.25) is 0 Å². The van der Waals surface area contributed by atoms with E-state index in [0.717, 1.165) is 41.8 Å². The molecule has 2 amide bonds. The summed E-state index contributed by atoms with van der Waals surface area (Å²) in [6.45, 7) is 9.73. The molecule has 176 valence electrons. The van der Waals surface area contributed by atoms with Crippen LogP contribution in [0.25, 0.3) is 11.1 Å². The second-order valence-corrected chi connectivity index (χ2v) is 10.4. The van der Waals surface area contributed by atoms with Crippen molar-refractivity contribution in [3.63, 3.8) is 0 Å². The molecule has 2 aromatic carbocycles. The van der Waals surface area contributed by atoms with Crippen LogP contribution in [0.1, 0.15) is 52.5 Å². The Hall–Kier alpha value is -3.02. The van der Waals surface area contributed by atoms with Crippen LogP contribution in [0.4, 0.5) is 10.5 Å². The molecule has 6 heteroatoms. The number of hydrogen-bond acceptors (Lipinski definition) is 4. The average molecular weight is 451 g/mol. The number of ether oxygens (including phenoxy) is 2. The summed E-state index contributed by atoms with van der Waals surface area (Å²) in [6.07, 6.45) is 2.69. The minimum Gasteiger partial charge on any atom is -0.487 e. The highest BCUT2D eigenvalue weighted by molar-refractivity contribution is 5.90. The predicted octanol–water partition coefficient (Wildman–Crippen LogP) is 5.65. The Morgan fingerprint density at radius 3 is 2.36 bits per heavy atom. The zero-order valence-electron chi connectivity index (χ0n) is 20.1. The van der Waals surface area contributed by atoms with E-state index in [1.165, 1.54) is 5.56 Å². The smallest absolute Gasteiger partial charge is 0.409 e. The molecular weight excluding hydrogens is 416 g/mol. The van der Waals surface area contributed by atoms with Crippen LogP contribution in [0.5, 0.6) is 5.75 Å². The molecule has 1 saturated heterocycles. The number of carbonyl (C=O) groups excluding carboxylic acids is 2. The fourth-order valence-corrected chi connectivity index (χ4v) is 4.35. The fourth-order valence-electron chi connectivity index (χ4n) is 4.35. The van der Waals surface area contributed by atoms with Crippen LogP contribution < -0.4 is 10.1 Å². The molecule has 0 bridgehead atoms. The number of anilines is 1. The molecule has 2 aliphatic rings. The Morgan fingerprint density at radius 2 is 1.73 bits per heavy atom. The molecule has 0 aromatic heterocycles. The first kappa shape index (κ1) is 23.1. The van der Waals surface area contributed by atoms with Gasteiger partial charge in [-0.2, -0.15) is 0 Å². The minimum atomic E-state index is -0.240. The van der Waals surface area contributed by atoms with Crippen molar-refractivity contribution in [3.05, 3.63) is 48.0 Å². The van der Waals surface area contributed by atoms with Crippen molar-refractivity contribution in [2.75, 3.05) is 25.0 Å². The van der Waals surface area contributed by atoms with E-state index in [-0.39, 0.29) is 23.0 Å². The predicted molar refractivity (Wildman–Crippen MR) is 129 cm³/mol. The zero-order valence-corrected chi connectivity index (χ0v) is 20.1. The van der Waals surface area contributed by atoms with E-state index in [1.54, 1.807) is 4.90 Å². The summed E-state index contributed by atoms with van der Waals surface area (Å²) < 4.78 is 11.9. The van der Waals surface area contributed by atoms with Gasteiger partial charge in [0.15, 0.2) is 0 Å². The van der Waals surface area contributed by atoms with Crippen molar-refractivity contribution < 1.29 is 19.1 Å². The lowest BCUT2D eigenvalue weighted by Crippen LogP contribution is -2.49. The number of likely N-dealkylation sites (tertiary alicyclic amines) is 1. The van der Waals surface area contributed by atoms with E-state index < -0.39 is 0 Å². The van der Waals surface area contributed by atoms with E-state index >= 15 is 0 Å². The van der Waals surface area contributed by atoms with Crippen LogP contribution in [0, 0.1) is 5.41 Å². The van der Waals surface area contributed by atoms with Gasteiger partial charge in [-0.3, -0.25) is 4.79 Å². The fraction of sp³-hybridized carbons (Fsp3) is 0.481. The molecule has 2 aromatic rings. The van der Waals surface area contributed by atoms with Gasteiger partial charge in [0.25, 0.3) is 0 Å². The highest BCUT2D eigenvalue weighted by atomic mass is 16.6. The van der Waals surface area contributed by atoms with Crippen LogP contribution >= 0.6 is 0 Å². The Bertz CT molecular complexity index is 1020. The number of benzene rings is 2. The molecule has 6 nitrogen and oxygen atoms in total. The summed E-state index contributed by atoms with van der Waals surface area (Å²) in [5.41, 5.74) is 3.97. The molecule has 33 heavy (non-hydrogen) atoms. The number of piperidine rings is 1. The lowest BCUT2D eigenvalue weighted by atomic mass is 9.86. The molecule has 1 spiro atoms. The van der Waals surface area contributed by atoms with Crippen LogP contribution in [0.3, 0.4) is 0 Å². The van der Waals surface area contributed by atoms with Gasteiger partial charge in [-0.15, -0.1) is 0 Å². The molecule has 2 aliphatic heterocycles. The van der Waals surface area contributed by atoms with Gasteiger partial charge in [-0.1, -0.05) is 45.9 Å². The van der Waals surface area contributed by atoms with Gasteiger partial charge in [0.1, 0.15) is 11.4 Å². The second kappa shape index (κ2) is 9.08. The highest BCUT2D eigenvalue weighted by Crippen LogP contribution is 2.42. The van der Waals surface area contributed by atoms with Crippen molar-refractivity contribution in [1.29, 1.82) is 0 Å². The van der Waals surface area contributed by atoms with Crippen LogP contribution in [-0.4, -0.2) is 42.2 Å². The van der Waals surface area contributed by atoms with Gasteiger partial charge in [0.2, 0.25) is 5.91 Å². The maximum Gasteiger partial charge on any atom is 0.409 e. The van der Waals surface area contributed by atoms with E-state index in [4.69, 9.17) is 9.47 Å². The van der Waals surface area contributed by atoms with Gasteiger partial charge >= 0.3 is 6.09 Å². The first-order valence-corrected chi connectivity index (χ1v) is 11.8. The Balaban J connectivity index is 1.38. The van der Waals surface area contributed by atoms with Crippen molar-refractivity contribution in [2.24, 2.45) is 5.41 Å². The number of nitrogens with zero attached hydrogens (tertiary/aromatic N) is 1. The number of rotatable bonds is 4. The summed E-state index contributed by atoms with van der Waals surface area (Å²) in [5, 5.41) is 2.88. The molecule has 0 atom stereocenters. The zero-order chi connectivity index (χ0) is 23.6. The third kappa shape index (κ3) is 5.49. The molecule has 0 aliphatic carbocycles. The minimum absolute atomic E-state index is 0.0104. The van der Waals surface area contributed by atoms with Crippen molar-refractivity contribution in [3.8, 4) is 16.9 Å². The number of amides is 2. The molecular formula is C27H34N2O4. The summed E-state index contributed by atoms with van der Waals surface area (Å²) >= 11 is 0. The van der Waals surface area contributed by atoms with Gasteiger partial charge in [0.05, 0.1) is 6.61 Å². The molecule has 1 N–H and O–H groups in total. The first-order valence-electron chi connectivity index (χ1n) is 11.8. The maximum atomic E-state index is 12.4. The van der Waals surface area contributed by atoms with Crippen molar-refractivity contribution in [1.82, 2.24) is 4.90 Å². The van der Waals surface area contributed by atoms with Gasteiger partial charge in [-0.25, -0.2) is 4.79 Å². The molecule has 0 unspecified atom stereocenters. The van der Waals surface area contributed by atoms with Crippen molar-refractivity contribution in [2.45, 2.75) is 59.0 Å². The molecule has 0 radical (unpaired) electrons. The standard InChI is InChI=1S/C27H34N2O4/c1-5-24(30)28-22-9-6-19(7-10-22)20-8-11-23-21(16-20)17-27(33-23)12-14-29(15-13-27)25(31)32-18-26(2,3)4/h6-11,16H,5,12-15,17-18H2,1-4H3,(H,28,30). The number of fused-ring (bicyclic) bond motifs is 1. The van der Waals surface area contributed by atoms with E-state index in [9.17, 15) is 9.59 Å². The van der Waals surface area contributed by atoms with E-state index in [2.05, 4.69) is 44.3 Å². The summed E-state index contributed by atoms with van der Waals surface area (Å²) in [4.78, 5) is 25.8. The monoisotopic (exact) mass is 450 g/mol. The van der Waals surface area contributed by atoms with Crippen molar-refractivity contribution >= 4 is 17.7 Å². The molecule has 2 heterocycles. The second-order valence-electron chi connectivity index (χ2n) is 10.4. The molecule has 0 saturated carbocycles. The highest BCUT2D eigenvalue weighted by Gasteiger charge is 2.43. The Morgan fingerprint density at radius 1 is 1.06 bits per heavy atom. The lowest BCUT2D eigenvalue weighted by molar-refractivity contribution is -0.115. The van der Waals surface area contributed by atoms with E-state index in [1.807, 2.05) is 31.2 Å². The summed E-state index contributed by atoms with van der Waals surface area (Å²) in [5.74, 6) is 0.950. The Labute approximate surface area is 196 Å². The average Bonchev–Trinajstić information content (AvgIpc) is 3.14. The first-order chi connectivity index (χ1) is 15.7. The Kier molecular flexibility index (Phi) is 6.37. The summed E-state index contributed by atoms with van der Waals surface area (Å²) in [7, 11) is 0. The lowest BCUT2D eigenvalue weighted by Gasteiger charge is -2.38. The van der Waals surface area contributed by atoms with Gasteiger partial charge in [0, 0.05) is 44.5 Å². The third-order valence-electron chi connectivity index (χ3n) is 6.28. The SMILES string of the molecule is CCC(=O)Nc1ccc(-c2ccc3c(c2)CC2(CCN(C(=O)OCC(C)(C)C)CC2)O3)cc1.